The third kappa shape index (κ3) is 3.56. The third-order valence-electron chi connectivity index (χ3n) is 4.71. The number of nitrogens with one attached hydrogen (secondary N) is 1. The summed E-state index contributed by atoms with van der Waals surface area (Å²) in [7, 11) is 0. The fraction of sp³-hybridized carbons (Fsp3) is 0.529. The molecular formula is C17H21F2N3O2. The first-order valence-electron chi connectivity index (χ1n) is 8.25. The Morgan fingerprint density at radius 2 is 2.25 bits per heavy atom. The van der Waals surface area contributed by atoms with Crippen molar-refractivity contribution in [3.05, 3.63) is 35.8 Å². The van der Waals surface area contributed by atoms with E-state index in [1.807, 2.05) is 0 Å². The molecule has 24 heavy (non-hydrogen) atoms. The van der Waals surface area contributed by atoms with Crippen molar-refractivity contribution in [2.45, 2.75) is 44.6 Å². The average molecular weight is 337 g/mol. The molecule has 2 aromatic heterocycles. The molecule has 1 aliphatic rings. The SMILES string of the molecule is O=C(O)c1ccc2ncc(CNCCC3CCCCC3(F)F)n2c1. The van der Waals surface area contributed by atoms with E-state index in [1.165, 1.54) is 12.3 Å². The van der Waals surface area contributed by atoms with Gasteiger partial charge in [-0.15, -0.1) is 0 Å². The van der Waals surface area contributed by atoms with Crippen LogP contribution in [-0.4, -0.2) is 32.9 Å². The van der Waals surface area contributed by atoms with Crippen molar-refractivity contribution in [3.63, 3.8) is 0 Å². The average Bonchev–Trinajstić information content (AvgIpc) is 2.95. The molecule has 0 amide bonds. The molecule has 1 atom stereocenters. The van der Waals surface area contributed by atoms with Gasteiger partial charge >= 0.3 is 5.97 Å². The summed E-state index contributed by atoms with van der Waals surface area (Å²) < 4.78 is 29.3. The minimum Gasteiger partial charge on any atom is -0.478 e. The highest BCUT2D eigenvalue weighted by atomic mass is 19.3. The number of hydrogen-bond acceptors (Lipinski definition) is 3. The molecule has 2 N–H and O–H groups in total. The maximum Gasteiger partial charge on any atom is 0.337 e. The number of carboxylic acid groups (broad SMARTS) is 1. The number of nitrogens with zero attached hydrogens (tertiary/aromatic N) is 2. The zero-order valence-corrected chi connectivity index (χ0v) is 13.3. The molecule has 0 aliphatic heterocycles. The lowest BCUT2D eigenvalue weighted by Gasteiger charge is -2.31. The predicted molar refractivity (Wildman–Crippen MR) is 85.4 cm³/mol. The van der Waals surface area contributed by atoms with E-state index >= 15 is 0 Å². The maximum absolute atomic E-state index is 13.8. The molecule has 0 aromatic carbocycles. The summed E-state index contributed by atoms with van der Waals surface area (Å²) in [5, 5.41) is 12.2. The Morgan fingerprint density at radius 3 is 3.00 bits per heavy atom. The minimum atomic E-state index is -2.54. The van der Waals surface area contributed by atoms with Crippen LogP contribution >= 0.6 is 0 Å². The van der Waals surface area contributed by atoms with Gasteiger partial charge in [0.1, 0.15) is 5.65 Å². The van der Waals surface area contributed by atoms with Crippen LogP contribution in [0.25, 0.3) is 5.65 Å². The number of pyridine rings is 1. The van der Waals surface area contributed by atoms with E-state index in [9.17, 15) is 13.6 Å². The van der Waals surface area contributed by atoms with Gasteiger partial charge in [0, 0.05) is 25.1 Å². The number of alkyl halides is 2. The third-order valence-corrected chi connectivity index (χ3v) is 4.71. The number of aromatic carboxylic acids is 1. The Labute approximate surface area is 138 Å². The molecule has 0 bridgehead atoms. The number of imidazole rings is 1. The lowest BCUT2D eigenvalue weighted by molar-refractivity contribution is -0.0878. The van der Waals surface area contributed by atoms with Gasteiger partial charge in [-0.25, -0.2) is 18.6 Å². The standard InChI is InChI=1S/C17H21F2N3O2/c18-17(19)7-2-1-3-13(17)6-8-20-9-14-10-21-15-5-4-12(16(23)24)11-22(14)15/h4-5,10-11,13,20H,1-3,6-9H2,(H,23,24). The smallest absolute Gasteiger partial charge is 0.337 e. The molecule has 2 heterocycles. The van der Waals surface area contributed by atoms with Crippen molar-refractivity contribution in [2.75, 3.05) is 6.54 Å². The van der Waals surface area contributed by atoms with E-state index < -0.39 is 17.8 Å². The molecule has 0 radical (unpaired) electrons. The second-order valence-corrected chi connectivity index (χ2v) is 6.37. The van der Waals surface area contributed by atoms with Crippen LogP contribution in [0.1, 0.15) is 48.2 Å². The van der Waals surface area contributed by atoms with Gasteiger partial charge in [-0.05, 0) is 37.9 Å². The van der Waals surface area contributed by atoms with Gasteiger partial charge < -0.3 is 14.8 Å². The molecule has 7 heteroatoms. The molecule has 1 saturated carbocycles. The monoisotopic (exact) mass is 337 g/mol. The van der Waals surface area contributed by atoms with E-state index in [4.69, 9.17) is 5.11 Å². The molecule has 5 nitrogen and oxygen atoms in total. The van der Waals surface area contributed by atoms with E-state index in [2.05, 4.69) is 10.3 Å². The Morgan fingerprint density at radius 1 is 1.42 bits per heavy atom. The van der Waals surface area contributed by atoms with Gasteiger partial charge in [-0.2, -0.15) is 0 Å². The number of aromatic nitrogens is 2. The topological polar surface area (TPSA) is 66.6 Å². The zero-order valence-electron chi connectivity index (χ0n) is 13.3. The molecule has 130 valence electrons. The number of carboxylic acids is 1. The summed E-state index contributed by atoms with van der Waals surface area (Å²) in [6, 6.07) is 3.16. The number of fused-ring (bicyclic) bond motifs is 1. The van der Waals surface area contributed by atoms with E-state index in [0.29, 0.717) is 38.0 Å². The van der Waals surface area contributed by atoms with Gasteiger partial charge in [0.05, 0.1) is 17.5 Å². The van der Waals surface area contributed by atoms with E-state index in [0.717, 1.165) is 12.1 Å². The van der Waals surface area contributed by atoms with Gasteiger partial charge in [0.2, 0.25) is 0 Å². The fourth-order valence-corrected chi connectivity index (χ4v) is 3.30. The van der Waals surface area contributed by atoms with E-state index in [1.54, 1.807) is 16.7 Å². The van der Waals surface area contributed by atoms with Gasteiger partial charge in [-0.1, -0.05) is 6.42 Å². The quantitative estimate of drug-likeness (QED) is 0.794. The largest absolute Gasteiger partial charge is 0.478 e. The van der Waals surface area contributed by atoms with Crippen molar-refractivity contribution >= 4 is 11.6 Å². The molecular weight excluding hydrogens is 316 g/mol. The first-order chi connectivity index (χ1) is 11.5. The summed E-state index contributed by atoms with van der Waals surface area (Å²) in [6.07, 6.45) is 5.73. The lowest BCUT2D eigenvalue weighted by Crippen LogP contribution is -2.34. The molecule has 1 unspecified atom stereocenters. The first kappa shape index (κ1) is 16.8. The summed E-state index contributed by atoms with van der Waals surface area (Å²) in [5.41, 5.74) is 1.66. The zero-order chi connectivity index (χ0) is 17.2. The van der Waals surface area contributed by atoms with Crippen LogP contribution in [-0.2, 0) is 6.54 Å². The Balaban J connectivity index is 1.58. The second kappa shape index (κ2) is 6.84. The Kier molecular flexibility index (Phi) is 4.80. The number of halogens is 2. The van der Waals surface area contributed by atoms with Crippen LogP contribution < -0.4 is 5.32 Å². The summed E-state index contributed by atoms with van der Waals surface area (Å²) >= 11 is 0. The highest BCUT2D eigenvalue weighted by Crippen LogP contribution is 2.39. The normalized spacial score (nSPS) is 20.3. The van der Waals surface area contributed by atoms with Crippen molar-refractivity contribution in [1.29, 1.82) is 0 Å². The molecule has 0 spiro atoms. The van der Waals surface area contributed by atoms with Crippen molar-refractivity contribution in [1.82, 2.24) is 14.7 Å². The van der Waals surface area contributed by atoms with Crippen molar-refractivity contribution < 1.29 is 18.7 Å². The summed E-state index contributed by atoms with van der Waals surface area (Å²) in [5.74, 6) is -4.08. The maximum atomic E-state index is 13.8. The van der Waals surface area contributed by atoms with Crippen LogP contribution in [0.5, 0.6) is 0 Å². The molecule has 2 aromatic rings. The van der Waals surface area contributed by atoms with Crippen LogP contribution in [0.2, 0.25) is 0 Å². The van der Waals surface area contributed by atoms with Gasteiger partial charge in [0.25, 0.3) is 5.92 Å². The Bertz CT molecular complexity index is 730. The number of carbonyl (C=O) groups is 1. The minimum absolute atomic E-state index is 0.00287. The van der Waals surface area contributed by atoms with Crippen LogP contribution in [0.4, 0.5) is 8.78 Å². The van der Waals surface area contributed by atoms with Crippen molar-refractivity contribution in [2.24, 2.45) is 5.92 Å². The van der Waals surface area contributed by atoms with Crippen molar-refractivity contribution in [3.8, 4) is 0 Å². The summed E-state index contributed by atoms with van der Waals surface area (Å²) in [4.78, 5) is 15.3. The summed E-state index contributed by atoms with van der Waals surface area (Å²) in [6.45, 7) is 0.967. The van der Waals surface area contributed by atoms with Crippen LogP contribution in [0.15, 0.2) is 24.5 Å². The second-order valence-electron chi connectivity index (χ2n) is 6.37. The molecule has 3 rings (SSSR count). The van der Waals surface area contributed by atoms with Gasteiger partial charge in [0.15, 0.2) is 0 Å². The molecule has 0 saturated heterocycles. The highest BCUT2D eigenvalue weighted by molar-refractivity contribution is 5.87. The van der Waals surface area contributed by atoms with E-state index in [-0.39, 0.29) is 12.0 Å². The lowest BCUT2D eigenvalue weighted by atomic mass is 9.83. The van der Waals surface area contributed by atoms with Gasteiger partial charge in [-0.3, -0.25) is 0 Å². The highest BCUT2D eigenvalue weighted by Gasteiger charge is 2.40. The fourth-order valence-electron chi connectivity index (χ4n) is 3.30. The Hall–Kier alpha value is -2.02. The first-order valence-corrected chi connectivity index (χ1v) is 8.25. The number of hydrogen-bond donors (Lipinski definition) is 2. The van der Waals surface area contributed by atoms with Crippen LogP contribution in [0.3, 0.4) is 0 Å². The van der Waals surface area contributed by atoms with Crippen LogP contribution in [0, 0.1) is 5.92 Å². The molecule has 1 fully saturated rings. The number of rotatable bonds is 6. The predicted octanol–water partition coefficient (Wildman–Crippen LogP) is 3.34. The molecule has 1 aliphatic carbocycles.